The van der Waals surface area contributed by atoms with Crippen LogP contribution in [0.15, 0.2) is 24.3 Å². The molecule has 1 aromatic carbocycles. The monoisotopic (exact) mass is 246 g/mol. The number of hydrogen-bond donors (Lipinski definition) is 2. The maximum atomic E-state index is 12.0. The van der Waals surface area contributed by atoms with Gasteiger partial charge in [0.15, 0.2) is 0 Å². The first-order chi connectivity index (χ1) is 8.66. The molecule has 2 unspecified atom stereocenters. The van der Waals surface area contributed by atoms with Crippen molar-refractivity contribution in [1.29, 1.82) is 0 Å². The van der Waals surface area contributed by atoms with Crippen LogP contribution < -0.4 is 10.6 Å². The van der Waals surface area contributed by atoms with Crippen molar-refractivity contribution in [3.63, 3.8) is 0 Å². The largest absolute Gasteiger partial charge is 0.353 e. The van der Waals surface area contributed by atoms with Crippen LogP contribution in [0.2, 0.25) is 0 Å². The lowest BCUT2D eigenvalue weighted by molar-refractivity contribution is -0.121. The zero-order chi connectivity index (χ0) is 13.0. The number of nitrogens with one attached hydrogen (secondary N) is 2. The fraction of sp³-hybridized carbons (Fsp3) is 0.533. The Morgan fingerprint density at radius 2 is 2.28 bits per heavy atom. The van der Waals surface area contributed by atoms with Crippen LogP contribution >= 0.6 is 0 Å². The number of carbonyl (C=O) groups is 1. The van der Waals surface area contributed by atoms with Gasteiger partial charge in [-0.05, 0) is 50.4 Å². The molecule has 0 spiro atoms. The number of hydrogen-bond acceptors (Lipinski definition) is 2. The minimum atomic E-state index is 0.128. The Kier molecular flexibility index (Phi) is 4.37. The highest BCUT2D eigenvalue weighted by Crippen LogP contribution is 2.13. The van der Waals surface area contributed by atoms with E-state index in [9.17, 15) is 4.79 Å². The van der Waals surface area contributed by atoms with Gasteiger partial charge in [-0.15, -0.1) is 0 Å². The first-order valence-electron chi connectivity index (χ1n) is 6.71. The zero-order valence-corrected chi connectivity index (χ0v) is 11.2. The fourth-order valence-corrected chi connectivity index (χ4v) is 2.51. The van der Waals surface area contributed by atoms with Gasteiger partial charge in [0.1, 0.15) is 0 Å². The molecule has 2 rings (SSSR count). The molecule has 1 amide bonds. The minimum absolute atomic E-state index is 0.128. The fourth-order valence-electron chi connectivity index (χ4n) is 2.51. The summed E-state index contributed by atoms with van der Waals surface area (Å²) < 4.78 is 0. The quantitative estimate of drug-likeness (QED) is 0.848. The molecular weight excluding hydrogens is 224 g/mol. The number of carbonyl (C=O) groups excluding carboxylic acids is 1. The molecule has 1 heterocycles. The molecular formula is C15H22N2O. The molecule has 0 bridgehead atoms. The molecule has 1 saturated heterocycles. The molecule has 1 fully saturated rings. The van der Waals surface area contributed by atoms with Gasteiger partial charge >= 0.3 is 0 Å². The molecule has 2 atom stereocenters. The second-order valence-electron chi connectivity index (χ2n) is 5.21. The number of amides is 1. The lowest BCUT2D eigenvalue weighted by Gasteiger charge is -2.20. The van der Waals surface area contributed by atoms with E-state index in [1.54, 1.807) is 0 Å². The van der Waals surface area contributed by atoms with Crippen molar-refractivity contribution in [2.75, 3.05) is 13.1 Å². The van der Waals surface area contributed by atoms with Crippen molar-refractivity contribution >= 4 is 5.91 Å². The molecule has 3 heteroatoms. The lowest BCUT2D eigenvalue weighted by Crippen LogP contribution is -2.39. The molecule has 0 radical (unpaired) electrons. The molecule has 1 aliphatic rings. The van der Waals surface area contributed by atoms with Crippen molar-refractivity contribution in [1.82, 2.24) is 10.6 Å². The van der Waals surface area contributed by atoms with E-state index in [0.717, 1.165) is 25.1 Å². The predicted molar refractivity (Wildman–Crippen MR) is 73.5 cm³/mol. The van der Waals surface area contributed by atoms with Crippen molar-refractivity contribution in [2.45, 2.75) is 32.7 Å². The second kappa shape index (κ2) is 6.01. The van der Waals surface area contributed by atoms with Crippen molar-refractivity contribution in [2.24, 2.45) is 5.92 Å². The van der Waals surface area contributed by atoms with E-state index in [0.29, 0.717) is 12.3 Å². The van der Waals surface area contributed by atoms with Crippen LogP contribution in [0, 0.1) is 12.8 Å². The first-order valence-corrected chi connectivity index (χ1v) is 6.71. The minimum Gasteiger partial charge on any atom is -0.353 e. The van der Waals surface area contributed by atoms with Crippen LogP contribution in [-0.4, -0.2) is 25.0 Å². The smallest absolute Gasteiger partial charge is 0.224 e. The van der Waals surface area contributed by atoms with Crippen LogP contribution in [0.3, 0.4) is 0 Å². The molecule has 1 aromatic rings. The standard InChI is InChI=1S/C15H22N2O/c1-11-5-3-4-6-13(11)9-15(18)17-12(2)14-7-8-16-10-14/h3-6,12,14,16H,7-10H2,1-2H3,(H,17,18). The van der Waals surface area contributed by atoms with Gasteiger partial charge in [-0.1, -0.05) is 24.3 Å². The van der Waals surface area contributed by atoms with Gasteiger partial charge in [0.05, 0.1) is 6.42 Å². The Morgan fingerprint density at radius 3 is 2.94 bits per heavy atom. The summed E-state index contributed by atoms with van der Waals surface area (Å²) in [6.45, 7) is 6.24. The van der Waals surface area contributed by atoms with E-state index in [-0.39, 0.29) is 11.9 Å². The van der Waals surface area contributed by atoms with Gasteiger partial charge in [0.2, 0.25) is 5.91 Å². The summed E-state index contributed by atoms with van der Waals surface area (Å²) >= 11 is 0. The Balaban J connectivity index is 1.86. The average molecular weight is 246 g/mol. The Hall–Kier alpha value is -1.35. The van der Waals surface area contributed by atoms with E-state index < -0.39 is 0 Å². The highest BCUT2D eigenvalue weighted by atomic mass is 16.1. The second-order valence-corrected chi connectivity index (χ2v) is 5.21. The number of benzene rings is 1. The topological polar surface area (TPSA) is 41.1 Å². The summed E-state index contributed by atoms with van der Waals surface area (Å²) in [6, 6.07) is 8.32. The normalized spacial score (nSPS) is 20.7. The lowest BCUT2D eigenvalue weighted by atomic mass is 10.00. The average Bonchev–Trinajstić information content (AvgIpc) is 2.85. The van der Waals surface area contributed by atoms with Crippen LogP contribution in [0.4, 0.5) is 0 Å². The summed E-state index contributed by atoms with van der Waals surface area (Å²) in [6.07, 6.45) is 1.64. The third-order valence-corrected chi connectivity index (χ3v) is 3.81. The van der Waals surface area contributed by atoms with Crippen LogP contribution in [-0.2, 0) is 11.2 Å². The number of rotatable bonds is 4. The predicted octanol–water partition coefficient (Wildman–Crippen LogP) is 1.65. The van der Waals surface area contributed by atoms with Gasteiger partial charge in [-0.25, -0.2) is 0 Å². The van der Waals surface area contributed by atoms with Crippen molar-refractivity contribution in [3.8, 4) is 0 Å². The van der Waals surface area contributed by atoms with Gasteiger partial charge in [-0.2, -0.15) is 0 Å². The third kappa shape index (κ3) is 3.33. The highest BCUT2D eigenvalue weighted by molar-refractivity contribution is 5.79. The summed E-state index contributed by atoms with van der Waals surface area (Å²) in [7, 11) is 0. The summed E-state index contributed by atoms with van der Waals surface area (Å²) in [4.78, 5) is 12.0. The summed E-state index contributed by atoms with van der Waals surface area (Å²) in [5.74, 6) is 0.703. The molecule has 98 valence electrons. The van der Waals surface area contributed by atoms with Crippen molar-refractivity contribution < 1.29 is 4.79 Å². The van der Waals surface area contributed by atoms with Crippen molar-refractivity contribution in [3.05, 3.63) is 35.4 Å². The van der Waals surface area contributed by atoms with E-state index >= 15 is 0 Å². The van der Waals surface area contributed by atoms with E-state index in [1.807, 2.05) is 31.2 Å². The molecule has 18 heavy (non-hydrogen) atoms. The Bertz CT molecular complexity index is 411. The maximum absolute atomic E-state index is 12.0. The molecule has 1 aliphatic heterocycles. The molecule has 0 saturated carbocycles. The SMILES string of the molecule is Cc1ccccc1CC(=O)NC(C)C1CCNC1. The highest BCUT2D eigenvalue weighted by Gasteiger charge is 2.22. The third-order valence-electron chi connectivity index (χ3n) is 3.81. The van der Waals surface area contributed by atoms with Crippen LogP contribution in [0.5, 0.6) is 0 Å². The van der Waals surface area contributed by atoms with Gasteiger partial charge in [-0.3, -0.25) is 4.79 Å². The summed E-state index contributed by atoms with van der Waals surface area (Å²) in [5, 5.41) is 6.45. The maximum Gasteiger partial charge on any atom is 0.224 e. The Morgan fingerprint density at radius 1 is 1.50 bits per heavy atom. The zero-order valence-electron chi connectivity index (χ0n) is 11.2. The van der Waals surface area contributed by atoms with Gasteiger partial charge in [0, 0.05) is 6.04 Å². The van der Waals surface area contributed by atoms with Crippen LogP contribution in [0.1, 0.15) is 24.5 Å². The van der Waals surface area contributed by atoms with Gasteiger partial charge in [0.25, 0.3) is 0 Å². The van der Waals surface area contributed by atoms with Crippen LogP contribution in [0.25, 0.3) is 0 Å². The molecule has 3 nitrogen and oxygen atoms in total. The molecule has 0 aromatic heterocycles. The summed E-state index contributed by atoms with van der Waals surface area (Å²) in [5.41, 5.74) is 2.30. The molecule has 2 N–H and O–H groups in total. The van der Waals surface area contributed by atoms with Gasteiger partial charge < -0.3 is 10.6 Å². The van der Waals surface area contributed by atoms with E-state index in [4.69, 9.17) is 0 Å². The Labute approximate surface area is 109 Å². The van der Waals surface area contributed by atoms with E-state index in [1.165, 1.54) is 5.56 Å². The van der Waals surface area contributed by atoms with E-state index in [2.05, 4.69) is 17.6 Å². The first kappa shape index (κ1) is 13.1. The molecule has 0 aliphatic carbocycles. The number of aryl methyl sites for hydroxylation is 1.